The third kappa shape index (κ3) is 2.78. The summed E-state index contributed by atoms with van der Waals surface area (Å²) in [6.07, 6.45) is 1.99. The van der Waals surface area contributed by atoms with Crippen molar-refractivity contribution in [2.24, 2.45) is 5.73 Å². The molecule has 0 atom stereocenters. The number of aryl methyl sites for hydroxylation is 1. The van der Waals surface area contributed by atoms with Crippen molar-refractivity contribution < 1.29 is 4.79 Å². The molecule has 0 aliphatic heterocycles. The van der Waals surface area contributed by atoms with E-state index in [0.29, 0.717) is 0 Å². The van der Waals surface area contributed by atoms with Crippen LogP contribution >= 0.6 is 0 Å². The van der Waals surface area contributed by atoms with E-state index in [4.69, 9.17) is 5.73 Å². The minimum atomic E-state index is -1.55. The van der Waals surface area contributed by atoms with Gasteiger partial charge in [-0.2, -0.15) is 0 Å². The average molecular weight is 249 g/mol. The topological polar surface area (TPSA) is 43.1 Å². The first-order valence-electron chi connectivity index (χ1n) is 6.27. The van der Waals surface area contributed by atoms with Gasteiger partial charge in [0.15, 0.2) is 0 Å². The predicted molar refractivity (Wildman–Crippen MR) is 76.7 cm³/mol. The number of rotatable bonds is 4. The van der Waals surface area contributed by atoms with Gasteiger partial charge >= 0.3 is 0 Å². The fourth-order valence-corrected chi connectivity index (χ4v) is 4.75. The second-order valence-corrected chi connectivity index (χ2v) is 10.4. The Labute approximate surface area is 105 Å². The average Bonchev–Trinajstić information content (AvgIpc) is 2.25. The van der Waals surface area contributed by atoms with E-state index < -0.39 is 8.07 Å². The Hall–Kier alpha value is -1.09. The van der Waals surface area contributed by atoms with Gasteiger partial charge in [-0.05, 0) is 35.2 Å². The van der Waals surface area contributed by atoms with Crippen LogP contribution in [0.1, 0.15) is 35.3 Å². The molecule has 0 heterocycles. The Morgan fingerprint density at radius 2 is 1.76 bits per heavy atom. The maximum Gasteiger partial charge on any atom is 0.248 e. The zero-order valence-corrected chi connectivity index (χ0v) is 12.6. The SMILES string of the molecule is CCc1ccc(C(N)=O)c([Si](C)(C)C)c1CC. The highest BCUT2D eigenvalue weighted by Gasteiger charge is 2.26. The molecule has 1 aromatic carbocycles. The molecule has 1 amide bonds. The normalized spacial score (nSPS) is 11.6. The van der Waals surface area contributed by atoms with Crippen molar-refractivity contribution in [1.29, 1.82) is 0 Å². The standard InChI is InChI=1S/C14H23NOSi/c1-6-10-8-9-12(14(15)16)13(11(10)7-2)17(3,4)5/h8-9H,6-7H2,1-5H3,(H2,15,16). The van der Waals surface area contributed by atoms with Gasteiger partial charge in [0, 0.05) is 5.56 Å². The summed E-state index contributed by atoms with van der Waals surface area (Å²) in [5.74, 6) is -0.292. The number of primary amides is 1. The lowest BCUT2D eigenvalue weighted by molar-refractivity contribution is 0.100. The van der Waals surface area contributed by atoms with Crippen LogP contribution in [-0.2, 0) is 12.8 Å². The highest BCUT2D eigenvalue weighted by atomic mass is 28.3. The third-order valence-corrected chi connectivity index (χ3v) is 5.23. The van der Waals surface area contributed by atoms with Crippen molar-refractivity contribution in [2.45, 2.75) is 46.3 Å². The monoisotopic (exact) mass is 249 g/mol. The number of hydrogen-bond donors (Lipinski definition) is 1. The molecule has 0 radical (unpaired) electrons. The minimum absolute atomic E-state index is 0.292. The van der Waals surface area contributed by atoms with Crippen molar-refractivity contribution in [1.82, 2.24) is 0 Å². The Bertz CT molecular complexity index is 433. The van der Waals surface area contributed by atoms with Gasteiger partial charge in [0.2, 0.25) is 5.91 Å². The molecule has 1 aromatic rings. The van der Waals surface area contributed by atoms with Crippen LogP contribution in [0.25, 0.3) is 0 Å². The Kier molecular flexibility index (Phi) is 4.15. The summed E-state index contributed by atoms with van der Waals surface area (Å²) >= 11 is 0. The molecule has 17 heavy (non-hydrogen) atoms. The Balaban J connectivity index is 3.62. The number of nitrogens with two attached hydrogens (primary N) is 1. The van der Waals surface area contributed by atoms with Gasteiger partial charge in [0.1, 0.15) is 0 Å². The van der Waals surface area contributed by atoms with Gasteiger partial charge in [-0.25, -0.2) is 0 Å². The summed E-state index contributed by atoms with van der Waals surface area (Å²) < 4.78 is 0. The summed E-state index contributed by atoms with van der Waals surface area (Å²) in [5.41, 5.74) is 8.95. The number of carbonyl (C=O) groups is 1. The highest BCUT2D eigenvalue weighted by molar-refractivity contribution is 6.89. The van der Waals surface area contributed by atoms with Crippen LogP contribution in [0.15, 0.2) is 12.1 Å². The summed E-state index contributed by atoms with van der Waals surface area (Å²) in [7, 11) is -1.55. The molecule has 3 heteroatoms. The van der Waals surface area contributed by atoms with E-state index in [9.17, 15) is 4.79 Å². The third-order valence-electron chi connectivity index (χ3n) is 3.16. The molecule has 0 saturated carbocycles. The van der Waals surface area contributed by atoms with Crippen molar-refractivity contribution >= 4 is 19.2 Å². The molecule has 2 nitrogen and oxygen atoms in total. The maximum absolute atomic E-state index is 11.6. The van der Waals surface area contributed by atoms with Gasteiger partial charge in [0.25, 0.3) is 0 Å². The summed E-state index contributed by atoms with van der Waals surface area (Å²) in [5, 5.41) is 1.26. The van der Waals surface area contributed by atoms with E-state index >= 15 is 0 Å². The number of benzene rings is 1. The summed E-state index contributed by atoms with van der Waals surface area (Å²) in [6.45, 7) is 11.1. The zero-order chi connectivity index (χ0) is 13.2. The first-order chi connectivity index (χ1) is 7.82. The van der Waals surface area contributed by atoms with Crippen LogP contribution in [0.3, 0.4) is 0 Å². The number of amides is 1. The first-order valence-corrected chi connectivity index (χ1v) is 9.77. The second kappa shape index (κ2) is 5.04. The maximum atomic E-state index is 11.6. The van der Waals surface area contributed by atoms with E-state index in [-0.39, 0.29) is 5.91 Å². The molecule has 1 rings (SSSR count). The van der Waals surface area contributed by atoms with Gasteiger partial charge in [-0.1, -0.05) is 39.6 Å². The molecule has 0 aromatic heterocycles. The molecular formula is C14H23NOSi. The fraction of sp³-hybridized carbons (Fsp3) is 0.500. The zero-order valence-electron chi connectivity index (χ0n) is 11.6. The van der Waals surface area contributed by atoms with Gasteiger partial charge in [-0.15, -0.1) is 0 Å². The number of carbonyl (C=O) groups excluding carboxylic acids is 1. The lowest BCUT2D eigenvalue weighted by atomic mass is 9.99. The molecule has 0 saturated heterocycles. The number of hydrogen-bond acceptors (Lipinski definition) is 1. The van der Waals surface area contributed by atoms with Gasteiger partial charge in [0.05, 0.1) is 8.07 Å². The van der Waals surface area contributed by atoms with Crippen molar-refractivity contribution in [2.75, 3.05) is 0 Å². The second-order valence-electron chi connectivity index (χ2n) is 5.45. The van der Waals surface area contributed by atoms with Crippen molar-refractivity contribution in [3.05, 3.63) is 28.8 Å². The van der Waals surface area contributed by atoms with Gasteiger partial charge < -0.3 is 5.73 Å². The van der Waals surface area contributed by atoms with Crippen LogP contribution in [0.2, 0.25) is 19.6 Å². The van der Waals surface area contributed by atoms with Crippen molar-refractivity contribution in [3.8, 4) is 0 Å². The molecule has 0 unspecified atom stereocenters. The molecule has 2 N–H and O–H groups in total. The highest BCUT2D eigenvalue weighted by Crippen LogP contribution is 2.17. The molecule has 0 aliphatic carbocycles. The van der Waals surface area contributed by atoms with Crippen LogP contribution in [0.5, 0.6) is 0 Å². The largest absolute Gasteiger partial charge is 0.366 e. The predicted octanol–water partition coefficient (Wildman–Crippen LogP) is 2.46. The molecule has 0 fully saturated rings. The molecule has 94 valence electrons. The molecule has 0 bridgehead atoms. The van der Waals surface area contributed by atoms with E-state index in [2.05, 4.69) is 39.6 Å². The van der Waals surface area contributed by atoms with E-state index in [0.717, 1.165) is 18.4 Å². The van der Waals surface area contributed by atoms with Crippen molar-refractivity contribution in [3.63, 3.8) is 0 Å². The minimum Gasteiger partial charge on any atom is -0.366 e. The van der Waals surface area contributed by atoms with Crippen LogP contribution < -0.4 is 10.9 Å². The Morgan fingerprint density at radius 3 is 2.12 bits per heavy atom. The molecule has 0 spiro atoms. The quantitative estimate of drug-likeness (QED) is 0.818. The summed E-state index contributed by atoms with van der Waals surface area (Å²) in [6, 6.07) is 3.97. The summed E-state index contributed by atoms with van der Waals surface area (Å²) in [4.78, 5) is 11.6. The molecule has 0 aliphatic rings. The lowest BCUT2D eigenvalue weighted by Gasteiger charge is -2.25. The van der Waals surface area contributed by atoms with E-state index in [1.54, 1.807) is 0 Å². The van der Waals surface area contributed by atoms with Crippen LogP contribution in [-0.4, -0.2) is 14.0 Å². The molecular weight excluding hydrogens is 226 g/mol. The Morgan fingerprint density at radius 1 is 1.18 bits per heavy atom. The fourth-order valence-electron chi connectivity index (χ4n) is 2.49. The van der Waals surface area contributed by atoms with Gasteiger partial charge in [-0.3, -0.25) is 4.79 Å². The smallest absolute Gasteiger partial charge is 0.248 e. The van der Waals surface area contributed by atoms with Crippen LogP contribution in [0.4, 0.5) is 0 Å². The van der Waals surface area contributed by atoms with E-state index in [1.165, 1.54) is 16.3 Å². The van der Waals surface area contributed by atoms with Crippen LogP contribution in [0, 0.1) is 0 Å². The first kappa shape index (κ1) is 14.0. The van der Waals surface area contributed by atoms with E-state index in [1.807, 2.05) is 6.07 Å². The lowest BCUT2D eigenvalue weighted by Crippen LogP contribution is -2.45.